The van der Waals surface area contributed by atoms with E-state index in [1.165, 1.54) is 24.3 Å². The molecule has 0 saturated carbocycles. The van der Waals surface area contributed by atoms with E-state index in [1.807, 2.05) is 12.1 Å². The first-order chi connectivity index (χ1) is 13.4. The lowest BCUT2D eigenvalue weighted by Crippen LogP contribution is -2.14. The predicted octanol–water partition coefficient (Wildman–Crippen LogP) is 3.84. The van der Waals surface area contributed by atoms with Gasteiger partial charge in [-0.1, -0.05) is 72.8 Å². The van der Waals surface area contributed by atoms with Crippen LogP contribution in [-0.2, 0) is 0 Å². The van der Waals surface area contributed by atoms with Crippen LogP contribution in [0.1, 0.15) is 41.4 Å². The minimum Gasteiger partial charge on any atom is -0.478 e. The highest BCUT2D eigenvalue weighted by Crippen LogP contribution is 2.08. The molecular weight excluding hydrogens is 360 g/mol. The summed E-state index contributed by atoms with van der Waals surface area (Å²) in [6.07, 6.45) is 0. The SMILES string of the molecule is O=C(C(=O)c1ccccc1)c1ccccc1.O=C(O)c1ccccc1C(=O)O. The fourth-order valence-electron chi connectivity index (χ4n) is 2.30. The molecule has 0 atom stereocenters. The predicted molar refractivity (Wildman–Crippen MR) is 102 cm³/mol. The second kappa shape index (κ2) is 9.59. The van der Waals surface area contributed by atoms with E-state index >= 15 is 0 Å². The Bertz CT molecular complexity index is 911. The highest BCUT2D eigenvalue weighted by Gasteiger charge is 2.17. The summed E-state index contributed by atoms with van der Waals surface area (Å²) >= 11 is 0. The van der Waals surface area contributed by atoms with E-state index in [4.69, 9.17) is 10.2 Å². The average molecular weight is 376 g/mol. The van der Waals surface area contributed by atoms with E-state index in [-0.39, 0.29) is 11.1 Å². The molecule has 3 aromatic rings. The third kappa shape index (κ3) is 5.22. The smallest absolute Gasteiger partial charge is 0.336 e. The molecule has 0 bridgehead atoms. The van der Waals surface area contributed by atoms with Crippen molar-refractivity contribution in [2.75, 3.05) is 0 Å². The normalized spacial score (nSPS) is 9.57. The van der Waals surface area contributed by atoms with E-state index in [0.29, 0.717) is 11.1 Å². The van der Waals surface area contributed by atoms with Crippen LogP contribution in [-0.4, -0.2) is 33.7 Å². The number of rotatable bonds is 5. The maximum absolute atomic E-state index is 11.8. The van der Waals surface area contributed by atoms with E-state index in [2.05, 4.69) is 0 Å². The van der Waals surface area contributed by atoms with Gasteiger partial charge in [-0.3, -0.25) is 9.59 Å². The van der Waals surface area contributed by atoms with Gasteiger partial charge in [0.15, 0.2) is 0 Å². The molecule has 0 heterocycles. The van der Waals surface area contributed by atoms with Gasteiger partial charge in [-0.25, -0.2) is 9.59 Å². The van der Waals surface area contributed by atoms with Crippen molar-refractivity contribution in [1.82, 2.24) is 0 Å². The van der Waals surface area contributed by atoms with Crippen LogP contribution in [0.4, 0.5) is 0 Å². The number of carboxylic acid groups (broad SMARTS) is 2. The molecule has 0 fully saturated rings. The largest absolute Gasteiger partial charge is 0.478 e. The van der Waals surface area contributed by atoms with Gasteiger partial charge in [-0.2, -0.15) is 0 Å². The molecule has 0 spiro atoms. The monoisotopic (exact) mass is 376 g/mol. The molecule has 6 heteroatoms. The van der Waals surface area contributed by atoms with Gasteiger partial charge in [0.05, 0.1) is 11.1 Å². The number of aromatic carboxylic acids is 2. The van der Waals surface area contributed by atoms with E-state index in [1.54, 1.807) is 48.5 Å². The molecule has 0 aliphatic heterocycles. The standard InChI is InChI=1S/C14H10O2.C8H6O4/c15-13(11-7-3-1-4-8-11)14(16)12-9-5-2-6-10-12;9-7(10)5-3-1-2-4-6(5)8(11)12/h1-10H;1-4H,(H,9,10)(H,11,12). The zero-order valence-electron chi connectivity index (χ0n) is 14.6. The van der Waals surface area contributed by atoms with Gasteiger partial charge in [0, 0.05) is 11.1 Å². The Morgan fingerprint density at radius 1 is 0.464 bits per heavy atom. The molecular formula is C22H16O6. The molecule has 0 aromatic heterocycles. The lowest BCUT2D eigenvalue weighted by molar-refractivity contribution is 0.0651. The van der Waals surface area contributed by atoms with Gasteiger partial charge in [0.2, 0.25) is 11.6 Å². The summed E-state index contributed by atoms with van der Waals surface area (Å²) in [6.45, 7) is 0. The van der Waals surface area contributed by atoms with Gasteiger partial charge < -0.3 is 10.2 Å². The van der Waals surface area contributed by atoms with Crippen molar-refractivity contribution in [3.05, 3.63) is 107 Å². The topological polar surface area (TPSA) is 109 Å². The molecule has 2 N–H and O–H groups in total. The highest BCUT2D eigenvalue weighted by atomic mass is 16.4. The van der Waals surface area contributed by atoms with Crippen LogP contribution in [0.15, 0.2) is 84.9 Å². The summed E-state index contributed by atoms with van der Waals surface area (Å²) in [5, 5.41) is 17.1. The van der Waals surface area contributed by atoms with E-state index in [0.717, 1.165) is 0 Å². The Hall–Kier alpha value is -4.06. The van der Waals surface area contributed by atoms with E-state index in [9.17, 15) is 19.2 Å². The van der Waals surface area contributed by atoms with Gasteiger partial charge >= 0.3 is 11.9 Å². The Balaban J connectivity index is 0.000000209. The minimum atomic E-state index is -1.23. The fraction of sp³-hybridized carbons (Fsp3) is 0. The third-order valence-corrected chi connectivity index (χ3v) is 3.67. The van der Waals surface area contributed by atoms with Gasteiger partial charge in [-0.15, -0.1) is 0 Å². The Morgan fingerprint density at radius 3 is 1.04 bits per heavy atom. The second-order valence-corrected chi connectivity index (χ2v) is 5.55. The van der Waals surface area contributed by atoms with Crippen LogP contribution in [0, 0.1) is 0 Å². The van der Waals surface area contributed by atoms with Crippen LogP contribution < -0.4 is 0 Å². The van der Waals surface area contributed by atoms with Gasteiger partial charge in [0.1, 0.15) is 0 Å². The first-order valence-electron chi connectivity index (χ1n) is 8.16. The van der Waals surface area contributed by atoms with Crippen LogP contribution in [0.5, 0.6) is 0 Å². The number of carbonyl (C=O) groups is 4. The Labute approximate surface area is 160 Å². The third-order valence-electron chi connectivity index (χ3n) is 3.67. The Morgan fingerprint density at radius 2 is 0.750 bits per heavy atom. The maximum Gasteiger partial charge on any atom is 0.336 e. The number of benzene rings is 3. The summed E-state index contributed by atoms with van der Waals surface area (Å²) < 4.78 is 0. The number of ketones is 2. The zero-order chi connectivity index (χ0) is 20.5. The number of hydrogen-bond donors (Lipinski definition) is 2. The molecule has 28 heavy (non-hydrogen) atoms. The molecule has 0 radical (unpaired) electrons. The van der Waals surface area contributed by atoms with Crippen molar-refractivity contribution >= 4 is 23.5 Å². The number of hydrogen-bond acceptors (Lipinski definition) is 4. The van der Waals surface area contributed by atoms with Crippen molar-refractivity contribution in [1.29, 1.82) is 0 Å². The zero-order valence-corrected chi connectivity index (χ0v) is 14.6. The lowest BCUT2D eigenvalue weighted by Gasteiger charge is -1.99. The van der Waals surface area contributed by atoms with Crippen molar-refractivity contribution in [2.45, 2.75) is 0 Å². The van der Waals surface area contributed by atoms with Crippen molar-refractivity contribution in [3.8, 4) is 0 Å². The molecule has 3 rings (SSSR count). The quantitative estimate of drug-likeness (QED) is 0.517. The first-order valence-corrected chi connectivity index (χ1v) is 8.16. The molecule has 0 unspecified atom stereocenters. The fourth-order valence-corrected chi connectivity index (χ4v) is 2.30. The van der Waals surface area contributed by atoms with Gasteiger partial charge in [-0.05, 0) is 12.1 Å². The lowest BCUT2D eigenvalue weighted by atomic mass is 10.0. The minimum absolute atomic E-state index is 0.190. The molecule has 6 nitrogen and oxygen atoms in total. The molecule has 0 saturated heterocycles. The highest BCUT2D eigenvalue weighted by molar-refractivity contribution is 6.49. The van der Waals surface area contributed by atoms with Crippen molar-refractivity contribution in [2.24, 2.45) is 0 Å². The summed E-state index contributed by atoms with van der Waals surface area (Å²) in [5.74, 6) is -3.39. The number of carbonyl (C=O) groups excluding carboxylic acids is 2. The number of Topliss-reactive ketones (excluding diaryl/α,β-unsaturated/α-hetero) is 2. The molecule has 0 amide bonds. The first kappa shape index (κ1) is 20.3. The van der Waals surface area contributed by atoms with E-state index < -0.39 is 23.5 Å². The van der Waals surface area contributed by atoms with Crippen molar-refractivity contribution < 1.29 is 29.4 Å². The van der Waals surface area contributed by atoms with Crippen LogP contribution >= 0.6 is 0 Å². The molecule has 3 aromatic carbocycles. The van der Waals surface area contributed by atoms with Crippen LogP contribution in [0.2, 0.25) is 0 Å². The molecule has 0 aliphatic carbocycles. The summed E-state index contributed by atoms with van der Waals surface area (Å²) in [7, 11) is 0. The van der Waals surface area contributed by atoms with Crippen molar-refractivity contribution in [3.63, 3.8) is 0 Å². The summed E-state index contributed by atoms with van der Waals surface area (Å²) in [6, 6.07) is 22.6. The van der Waals surface area contributed by atoms with Gasteiger partial charge in [0.25, 0.3) is 0 Å². The molecule has 140 valence electrons. The van der Waals surface area contributed by atoms with Crippen LogP contribution in [0.3, 0.4) is 0 Å². The molecule has 0 aliphatic rings. The summed E-state index contributed by atoms with van der Waals surface area (Å²) in [4.78, 5) is 44.5. The maximum atomic E-state index is 11.8. The van der Waals surface area contributed by atoms with Crippen LogP contribution in [0.25, 0.3) is 0 Å². The Kier molecular flexibility index (Phi) is 6.93. The average Bonchev–Trinajstić information content (AvgIpc) is 2.74. The second-order valence-electron chi connectivity index (χ2n) is 5.55. The summed E-state index contributed by atoms with van der Waals surface area (Å²) in [5.41, 5.74) is 0.475. The number of carboxylic acids is 2.